The van der Waals surface area contributed by atoms with Crippen LogP contribution in [-0.2, 0) is 12.0 Å². The van der Waals surface area contributed by atoms with Crippen molar-refractivity contribution in [3.05, 3.63) is 70.2 Å². The number of hydrogen-bond acceptors (Lipinski definition) is 1. The van der Waals surface area contributed by atoms with Gasteiger partial charge >= 0.3 is 0 Å². The fraction of sp³-hybridized carbons (Fsp3) is 0.294. The summed E-state index contributed by atoms with van der Waals surface area (Å²) in [5.74, 6) is 0. The number of nitrogens with two attached hydrogens (primary N) is 1. The van der Waals surface area contributed by atoms with E-state index < -0.39 is 5.54 Å². The molecular weight excluding hydrogens is 254 g/mol. The van der Waals surface area contributed by atoms with Gasteiger partial charge < -0.3 is 5.73 Å². The van der Waals surface area contributed by atoms with Crippen molar-refractivity contribution in [3.63, 3.8) is 0 Å². The van der Waals surface area contributed by atoms with Crippen molar-refractivity contribution in [3.8, 4) is 0 Å². The smallest absolute Gasteiger partial charge is 0.0636 e. The number of aryl methyl sites for hydroxylation is 1. The van der Waals surface area contributed by atoms with Gasteiger partial charge in [0.05, 0.1) is 5.54 Å². The zero-order valence-corrected chi connectivity index (χ0v) is 12.2. The van der Waals surface area contributed by atoms with Crippen LogP contribution in [0.1, 0.15) is 37.0 Å². The van der Waals surface area contributed by atoms with Gasteiger partial charge in [-0.2, -0.15) is 0 Å². The number of benzene rings is 2. The predicted molar refractivity (Wildman–Crippen MR) is 82.5 cm³/mol. The Morgan fingerprint density at radius 3 is 1.89 bits per heavy atom. The molecule has 1 unspecified atom stereocenters. The molecule has 19 heavy (non-hydrogen) atoms. The second kappa shape index (κ2) is 5.77. The van der Waals surface area contributed by atoms with Gasteiger partial charge in [0.25, 0.3) is 0 Å². The maximum atomic E-state index is 6.49. The third-order valence-corrected chi connectivity index (χ3v) is 3.79. The standard InChI is InChI=1S/C17H20ClN/c1-3-4-13-5-7-14(8-6-13)17(2,19)15-9-11-16(18)12-10-15/h5-12H,3-4,19H2,1-2H3. The van der Waals surface area contributed by atoms with Gasteiger partial charge in [0.1, 0.15) is 0 Å². The van der Waals surface area contributed by atoms with Crippen molar-refractivity contribution < 1.29 is 0 Å². The van der Waals surface area contributed by atoms with E-state index in [0.29, 0.717) is 0 Å². The van der Waals surface area contributed by atoms with Gasteiger partial charge in [-0.05, 0) is 42.2 Å². The molecule has 0 aliphatic heterocycles. The molecule has 0 bridgehead atoms. The first-order chi connectivity index (χ1) is 9.04. The highest BCUT2D eigenvalue weighted by molar-refractivity contribution is 6.30. The molecule has 0 amide bonds. The summed E-state index contributed by atoms with van der Waals surface area (Å²) in [6.07, 6.45) is 2.28. The number of hydrogen-bond donors (Lipinski definition) is 1. The Balaban J connectivity index is 2.30. The van der Waals surface area contributed by atoms with E-state index in [2.05, 4.69) is 31.2 Å². The summed E-state index contributed by atoms with van der Waals surface area (Å²) < 4.78 is 0. The van der Waals surface area contributed by atoms with Crippen LogP contribution < -0.4 is 5.73 Å². The molecule has 0 saturated heterocycles. The molecule has 0 aromatic heterocycles. The molecule has 2 rings (SSSR count). The minimum absolute atomic E-state index is 0.491. The lowest BCUT2D eigenvalue weighted by atomic mass is 9.85. The van der Waals surface area contributed by atoms with E-state index in [9.17, 15) is 0 Å². The van der Waals surface area contributed by atoms with E-state index in [-0.39, 0.29) is 0 Å². The van der Waals surface area contributed by atoms with Crippen LogP contribution in [-0.4, -0.2) is 0 Å². The molecule has 100 valence electrons. The van der Waals surface area contributed by atoms with Crippen LogP contribution in [0.25, 0.3) is 0 Å². The molecule has 0 aliphatic rings. The second-order valence-electron chi connectivity index (χ2n) is 5.16. The largest absolute Gasteiger partial charge is 0.318 e. The molecule has 1 atom stereocenters. The maximum absolute atomic E-state index is 6.49. The Labute approximate surface area is 120 Å². The van der Waals surface area contributed by atoms with Gasteiger partial charge in [0.2, 0.25) is 0 Å². The molecule has 0 aliphatic carbocycles. The number of rotatable bonds is 4. The normalized spacial score (nSPS) is 14.1. The Morgan fingerprint density at radius 1 is 0.947 bits per heavy atom. The van der Waals surface area contributed by atoms with Gasteiger partial charge in [0.15, 0.2) is 0 Å². The molecule has 0 heterocycles. The van der Waals surface area contributed by atoms with E-state index in [4.69, 9.17) is 17.3 Å². The Bertz CT molecular complexity index is 526. The number of halogens is 1. The fourth-order valence-electron chi connectivity index (χ4n) is 2.27. The van der Waals surface area contributed by atoms with E-state index in [0.717, 1.165) is 29.0 Å². The summed E-state index contributed by atoms with van der Waals surface area (Å²) in [7, 11) is 0. The first-order valence-corrected chi connectivity index (χ1v) is 7.06. The van der Waals surface area contributed by atoms with Crippen LogP contribution in [0, 0.1) is 0 Å². The molecule has 0 fully saturated rings. The molecule has 2 N–H and O–H groups in total. The van der Waals surface area contributed by atoms with Crippen molar-refractivity contribution in [2.45, 2.75) is 32.2 Å². The van der Waals surface area contributed by atoms with Crippen molar-refractivity contribution in [2.24, 2.45) is 5.73 Å². The molecule has 0 radical (unpaired) electrons. The molecular formula is C17H20ClN. The second-order valence-corrected chi connectivity index (χ2v) is 5.59. The molecule has 2 heteroatoms. The zero-order valence-electron chi connectivity index (χ0n) is 11.5. The summed E-state index contributed by atoms with van der Waals surface area (Å²) in [5, 5.41) is 0.734. The van der Waals surface area contributed by atoms with E-state index >= 15 is 0 Å². The lowest BCUT2D eigenvalue weighted by molar-refractivity contribution is 0.603. The highest BCUT2D eigenvalue weighted by atomic mass is 35.5. The summed E-state index contributed by atoms with van der Waals surface area (Å²) >= 11 is 5.92. The lowest BCUT2D eigenvalue weighted by Crippen LogP contribution is -2.34. The van der Waals surface area contributed by atoms with Crippen LogP contribution in [0.5, 0.6) is 0 Å². The van der Waals surface area contributed by atoms with Crippen LogP contribution in [0.3, 0.4) is 0 Å². The zero-order chi connectivity index (χ0) is 13.9. The molecule has 0 spiro atoms. The third kappa shape index (κ3) is 3.17. The Kier molecular flexibility index (Phi) is 4.28. The summed E-state index contributed by atoms with van der Waals surface area (Å²) in [5.41, 5.74) is 9.55. The van der Waals surface area contributed by atoms with E-state index in [1.54, 1.807) is 0 Å². The fourth-order valence-corrected chi connectivity index (χ4v) is 2.40. The van der Waals surface area contributed by atoms with Gasteiger partial charge in [0, 0.05) is 5.02 Å². The molecule has 1 nitrogen and oxygen atoms in total. The average Bonchev–Trinajstić information content (AvgIpc) is 2.40. The Hall–Kier alpha value is -1.31. The minimum atomic E-state index is -0.491. The van der Waals surface area contributed by atoms with Crippen LogP contribution >= 0.6 is 11.6 Å². The van der Waals surface area contributed by atoms with Crippen molar-refractivity contribution >= 4 is 11.6 Å². The average molecular weight is 274 g/mol. The van der Waals surface area contributed by atoms with Gasteiger partial charge in [-0.15, -0.1) is 0 Å². The van der Waals surface area contributed by atoms with Gasteiger partial charge in [-0.25, -0.2) is 0 Å². The first-order valence-electron chi connectivity index (χ1n) is 6.68. The summed E-state index contributed by atoms with van der Waals surface area (Å²) in [6.45, 7) is 4.22. The van der Waals surface area contributed by atoms with Crippen molar-refractivity contribution in [1.29, 1.82) is 0 Å². The minimum Gasteiger partial charge on any atom is -0.318 e. The van der Waals surface area contributed by atoms with Crippen LogP contribution in [0.15, 0.2) is 48.5 Å². The maximum Gasteiger partial charge on any atom is 0.0636 e. The van der Waals surface area contributed by atoms with Gasteiger partial charge in [-0.1, -0.05) is 61.3 Å². The van der Waals surface area contributed by atoms with Crippen LogP contribution in [0.4, 0.5) is 0 Å². The lowest BCUT2D eigenvalue weighted by Gasteiger charge is -2.26. The third-order valence-electron chi connectivity index (χ3n) is 3.54. The highest BCUT2D eigenvalue weighted by Gasteiger charge is 2.23. The van der Waals surface area contributed by atoms with E-state index in [1.807, 2.05) is 31.2 Å². The molecule has 0 saturated carbocycles. The van der Waals surface area contributed by atoms with Crippen LogP contribution in [0.2, 0.25) is 5.02 Å². The Morgan fingerprint density at radius 2 is 1.42 bits per heavy atom. The van der Waals surface area contributed by atoms with Gasteiger partial charge in [-0.3, -0.25) is 0 Å². The molecule has 2 aromatic rings. The van der Waals surface area contributed by atoms with E-state index in [1.165, 1.54) is 5.56 Å². The topological polar surface area (TPSA) is 26.0 Å². The highest BCUT2D eigenvalue weighted by Crippen LogP contribution is 2.27. The monoisotopic (exact) mass is 273 g/mol. The SMILES string of the molecule is CCCc1ccc(C(C)(N)c2ccc(Cl)cc2)cc1. The summed E-state index contributed by atoms with van der Waals surface area (Å²) in [6, 6.07) is 16.3. The summed E-state index contributed by atoms with van der Waals surface area (Å²) in [4.78, 5) is 0. The molecule has 2 aromatic carbocycles. The quantitative estimate of drug-likeness (QED) is 0.871. The van der Waals surface area contributed by atoms with Crippen molar-refractivity contribution in [2.75, 3.05) is 0 Å². The predicted octanol–water partition coefficient (Wildman–Crippen LogP) is 4.51. The van der Waals surface area contributed by atoms with Crippen molar-refractivity contribution in [1.82, 2.24) is 0 Å². The first kappa shape index (κ1) is 14.1.